The average Bonchev–Trinajstić information content (AvgIpc) is 2.33. The predicted octanol–water partition coefficient (Wildman–Crippen LogP) is 0.581. The molecule has 0 saturated heterocycles. The Hall–Kier alpha value is -2.24. The highest BCUT2D eigenvalue weighted by Gasteiger charge is 2.00. The van der Waals surface area contributed by atoms with E-state index in [1.54, 1.807) is 0 Å². The molecule has 0 radical (unpaired) electrons. The van der Waals surface area contributed by atoms with Gasteiger partial charge in [-0.15, -0.1) is 0 Å². The van der Waals surface area contributed by atoms with Crippen molar-refractivity contribution in [2.75, 3.05) is 13.2 Å². The van der Waals surface area contributed by atoms with E-state index in [4.69, 9.17) is 5.73 Å². The zero-order valence-corrected chi connectivity index (χ0v) is 9.31. The summed E-state index contributed by atoms with van der Waals surface area (Å²) in [4.78, 5) is 21.5. The Bertz CT molecular complexity index is 367. The third-order valence-corrected chi connectivity index (χ3v) is 1.93. The number of hydrogen-bond acceptors (Lipinski definition) is 3. The maximum absolute atomic E-state index is 11.3. The molecule has 0 aliphatic heterocycles. The molecular weight excluding hydrogens is 222 g/mol. The third kappa shape index (κ3) is 6.03. The van der Waals surface area contributed by atoms with Crippen LogP contribution in [0.15, 0.2) is 30.3 Å². The first-order chi connectivity index (χ1) is 8.18. The standard InChI is InChI=1S/C11H15N3O3/c12-10(15)17-7-6-13-11(16)14-8-9-4-2-1-3-5-9/h1-5H,6-8H2,(H2,12,15)(H2,13,14,16). The molecule has 1 aromatic carbocycles. The number of urea groups is 1. The van der Waals surface area contributed by atoms with Gasteiger partial charge < -0.3 is 21.1 Å². The normalized spacial score (nSPS) is 9.41. The summed E-state index contributed by atoms with van der Waals surface area (Å²) in [6.45, 7) is 0.737. The maximum Gasteiger partial charge on any atom is 0.404 e. The van der Waals surface area contributed by atoms with Gasteiger partial charge in [0.25, 0.3) is 0 Å². The third-order valence-electron chi connectivity index (χ3n) is 1.93. The van der Waals surface area contributed by atoms with E-state index in [9.17, 15) is 9.59 Å². The molecule has 17 heavy (non-hydrogen) atoms. The summed E-state index contributed by atoms with van der Waals surface area (Å²) in [5, 5.41) is 5.19. The van der Waals surface area contributed by atoms with E-state index in [2.05, 4.69) is 15.4 Å². The highest BCUT2D eigenvalue weighted by Crippen LogP contribution is 1.96. The van der Waals surface area contributed by atoms with Gasteiger partial charge >= 0.3 is 12.1 Å². The Morgan fingerprint density at radius 1 is 1.18 bits per heavy atom. The number of nitrogens with one attached hydrogen (secondary N) is 2. The van der Waals surface area contributed by atoms with Crippen LogP contribution in [0.1, 0.15) is 5.56 Å². The molecule has 0 atom stereocenters. The van der Waals surface area contributed by atoms with Crippen LogP contribution in [0.3, 0.4) is 0 Å². The number of rotatable bonds is 5. The van der Waals surface area contributed by atoms with Crippen molar-refractivity contribution in [1.82, 2.24) is 10.6 Å². The lowest BCUT2D eigenvalue weighted by Gasteiger charge is -2.07. The Morgan fingerprint density at radius 2 is 1.88 bits per heavy atom. The minimum atomic E-state index is -0.850. The van der Waals surface area contributed by atoms with Crippen LogP contribution in [0.5, 0.6) is 0 Å². The molecule has 0 aromatic heterocycles. The highest BCUT2D eigenvalue weighted by molar-refractivity contribution is 5.73. The lowest BCUT2D eigenvalue weighted by atomic mass is 10.2. The minimum absolute atomic E-state index is 0.0636. The van der Waals surface area contributed by atoms with Crippen molar-refractivity contribution in [3.63, 3.8) is 0 Å². The van der Waals surface area contributed by atoms with Gasteiger partial charge in [0, 0.05) is 6.54 Å². The molecule has 0 bridgehead atoms. The van der Waals surface area contributed by atoms with Crippen molar-refractivity contribution < 1.29 is 14.3 Å². The number of benzene rings is 1. The molecule has 0 heterocycles. The Labute approximate surface area is 99.1 Å². The fourth-order valence-corrected chi connectivity index (χ4v) is 1.16. The van der Waals surface area contributed by atoms with Gasteiger partial charge in [0.15, 0.2) is 0 Å². The van der Waals surface area contributed by atoms with E-state index in [1.165, 1.54) is 0 Å². The molecule has 0 aliphatic rings. The fourth-order valence-electron chi connectivity index (χ4n) is 1.16. The van der Waals surface area contributed by atoms with Crippen LogP contribution in [-0.4, -0.2) is 25.3 Å². The summed E-state index contributed by atoms with van der Waals surface area (Å²) >= 11 is 0. The Kier molecular flexibility index (Phi) is 5.36. The number of carbonyl (C=O) groups excluding carboxylic acids is 2. The zero-order valence-electron chi connectivity index (χ0n) is 9.31. The SMILES string of the molecule is NC(=O)OCCNC(=O)NCc1ccccc1. The summed E-state index contributed by atoms with van der Waals surface area (Å²) in [6, 6.07) is 9.21. The molecule has 4 N–H and O–H groups in total. The summed E-state index contributed by atoms with van der Waals surface area (Å²) in [5.41, 5.74) is 5.76. The Balaban J connectivity index is 2.11. The number of carbonyl (C=O) groups is 2. The van der Waals surface area contributed by atoms with Gasteiger partial charge in [0.05, 0.1) is 6.54 Å². The van der Waals surface area contributed by atoms with Gasteiger partial charge in [-0.3, -0.25) is 0 Å². The van der Waals surface area contributed by atoms with Gasteiger partial charge in [0.2, 0.25) is 0 Å². The Morgan fingerprint density at radius 3 is 2.53 bits per heavy atom. The summed E-state index contributed by atoms with van der Waals surface area (Å²) in [5.74, 6) is 0. The number of amides is 3. The molecule has 0 aliphatic carbocycles. The van der Waals surface area contributed by atoms with Crippen molar-refractivity contribution in [3.05, 3.63) is 35.9 Å². The van der Waals surface area contributed by atoms with E-state index in [0.717, 1.165) is 5.56 Å². The molecule has 0 saturated carbocycles. The zero-order chi connectivity index (χ0) is 12.5. The molecule has 0 spiro atoms. The van der Waals surface area contributed by atoms with Crippen LogP contribution in [-0.2, 0) is 11.3 Å². The van der Waals surface area contributed by atoms with Crippen molar-refractivity contribution in [2.45, 2.75) is 6.54 Å². The van der Waals surface area contributed by atoms with E-state index in [-0.39, 0.29) is 19.2 Å². The van der Waals surface area contributed by atoms with Crippen LogP contribution in [0.4, 0.5) is 9.59 Å². The van der Waals surface area contributed by atoms with Gasteiger partial charge in [-0.1, -0.05) is 30.3 Å². The van der Waals surface area contributed by atoms with E-state index < -0.39 is 6.09 Å². The second kappa shape index (κ2) is 7.10. The van der Waals surface area contributed by atoms with Crippen molar-refractivity contribution in [3.8, 4) is 0 Å². The largest absolute Gasteiger partial charge is 0.448 e. The predicted molar refractivity (Wildman–Crippen MR) is 62.2 cm³/mol. The quantitative estimate of drug-likeness (QED) is 0.654. The van der Waals surface area contributed by atoms with Gasteiger partial charge in [-0.05, 0) is 5.56 Å². The topological polar surface area (TPSA) is 93.5 Å². The molecule has 6 heteroatoms. The van der Waals surface area contributed by atoms with Crippen LogP contribution in [0, 0.1) is 0 Å². The molecule has 1 aromatic rings. The van der Waals surface area contributed by atoms with Gasteiger partial charge in [0.1, 0.15) is 6.61 Å². The monoisotopic (exact) mass is 237 g/mol. The minimum Gasteiger partial charge on any atom is -0.448 e. The van der Waals surface area contributed by atoms with Crippen molar-refractivity contribution in [1.29, 1.82) is 0 Å². The number of nitrogens with two attached hydrogens (primary N) is 1. The molecule has 0 unspecified atom stereocenters. The first kappa shape index (κ1) is 12.8. The van der Waals surface area contributed by atoms with Gasteiger partial charge in [-0.25, -0.2) is 9.59 Å². The van der Waals surface area contributed by atoms with Crippen LogP contribution in [0.25, 0.3) is 0 Å². The summed E-state index contributed by atoms with van der Waals surface area (Å²) < 4.78 is 4.45. The van der Waals surface area contributed by atoms with E-state index in [0.29, 0.717) is 6.54 Å². The van der Waals surface area contributed by atoms with E-state index in [1.807, 2.05) is 30.3 Å². The highest BCUT2D eigenvalue weighted by atomic mass is 16.5. The van der Waals surface area contributed by atoms with E-state index >= 15 is 0 Å². The lowest BCUT2D eigenvalue weighted by molar-refractivity contribution is 0.157. The molecule has 6 nitrogen and oxygen atoms in total. The maximum atomic E-state index is 11.3. The second-order valence-electron chi connectivity index (χ2n) is 3.26. The smallest absolute Gasteiger partial charge is 0.404 e. The first-order valence-electron chi connectivity index (χ1n) is 5.16. The second-order valence-corrected chi connectivity index (χ2v) is 3.26. The molecular formula is C11H15N3O3. The lowest BCUT2D eigenvalue weighted by Crippen LogP contribution is -2.37. The molecule has 92 valence electrons. The fraction of sp³-hybridized carbons (Fsp3) is 0.273. The summed E-state index contributed by atoms with van der Waals surface area (Å²) in [7, 11) is 0. The first-order valence-corrected chi connectivity index (χ1v) is 5.16. The van der Waals surface area contributed by atoms with Crippen molar-refractivity contribution in [2.24, 2.45) is 5.73 Å². The molecule has 3 amide bonds. The number of primary amides is 1. The molecule has 0 fully saturated rings. The summed E-state index contributed by atoms with van der Waals surface area (Å²) in [6.07, 6.45) is -0.850. The van der Waals surface area contributed by atoms with Crippen LogP contribution < -0.4 is 16.4 Å². The van der Waals surface area contributed by atoms with Gasteiger partial charge in [-0.2, -0.15) is 0 Å². The van der Waals surface area contributed by atoms with Crippen LogP contribution in [0.2, 0.25) is 0 Å². The number of hydrogen-bond donors (Lipinski definition) is 3. The van der Waals surface area contributed by atoms with Crippen molar-refractivity contribution >= 4 is 12.1 Å². The van der Waals surface area contributed by atoms with Crippen LogP contribution >= 0.6 is 0 Å². The average molecular weight is 237 g/mol. The molecule has 1 rings (SSSR count). The number of ether oxygens (including phenoxy) is 1.